The minimum atomic E-state index is -0.870. The van der Waals surface area contributed by atoms with Crippen LogP contribution in [-0.2, 0) is 22.4 Å². The van der Waals surface area contributed by atoms with E-state index in [9.17, 15) is 14.4 Å². The molecular formula is C18H23N3O3. The zero-order valence-electron chi connectivity index (χ0n) is 14.1. The molecule has 1 aromatic rings. The molecule has 1 heterocycles. The summed E-state index contributed by atoms with van der Waals surface area (Å²) >= 11 is 0. The molecule has 1 aromatic carbocycles. The third-order valence-electron chi connectivity index (χ3n) is 5.14. The Kier molecular flexibility index (Phi) is 4.30. The standard InChI is InChI=1S/C18H23N3O3/c1-3-18(4-2)16(23)21(17(24)20-18)11-15(22)19-14-9-8-12-6-5-7-13(12)10-14/h8-10H,3-7,11H2,1-2H3,(H,19,22)(H,20,24). The number of nitrogens with zero attached hydrogens (tertiary/aromatic N) is 1. The summed E-state index contributed by atoms with van der Waals surface area (Å²) in [5.41, 5.74) is 2.44. The second-order valence-corrected chi connectivity index (χ2v) is 6.50. The monoisotopic (exact) mass is 329 g/mol. The highest BCUT2D eigenvalue weighted by Gasteiger charge is 2.49. The number of urea groups is 1. The Morgan fingerprint density at radius 2 is 1.92 bits per heavy atom. The van der Waals surface area contributed by atoms with E-state index in [-0.39, 0.29) is 18.4 Å². The fourth-order valence-electron chi connectivity index (χ4n) is 3.54. The molecule has 2 aliphatic rings. The topological polar surface area (TPSA) is 78.5 Å². The largest absolute Gasteiger partial charge is 0.325 e. The molecule has 0 spiro atoms. The van der Waals surface area contributed by atoms with Crippen LogP contribution in [0.25, 0.3) is 0 Å². The van der Waals surface area contributed by atoms with Gasteiger partial charge in [0, 0.05) is 5.69 Å². The molecule has 1 aliphatic carbocycles. The third-order valence-corrected chi connectivity index (χ3v) is 5.14. The minimum Gasteiger partial charge on any atom is -0.325 e. The number of hydrogen-bond donors (Lipinski definition) is 2. The zero-order valence-corrected chi connectivity index (χ0v) is 14.1. The van der Waals surface area contributed by atoms with E-state index in [1.807, 2.05) is 32.0 Å². The first-order chi connectivity index (χ1) is 11.5. The molecule has 0 bridgehead atoms. The van der Waals surface area contributed by atoms with E-state index in [1.54, 1.807) is 0 Å². The van der Waals surface area contributed by atoms with E-state index >= 15 is 0 Å². The summed E-state index contributed by atoms with van der Waals surface area (Å²) in [6.45, 7) is 3.45. The summed E-state index contributed by atoms with van der Waals surface area (Å²) < 4.78 is 0. The Morgan fingerprint density at radius 1 is 1.21 bits per heavy atom. The number of carbonyl (C=O) groups excluding carboxylic acids is 3. The molecule has 1 saturated heterocycles. The minimum absolute atomic E-state index is 0.260. The fourth-order valence-corrected chi connectivity index (χ4v) is 3.54. The number of fused-ring (bicyclic) bond motifs is 1. The van der Waals surface area contributed by atoms with Gasteiger partial charge in [-0.25, -0.2) is 4.79 Å². The molecule has 0 saturated carbocycles. The van der Waals surface area contributed by atoms with Gasteiger partial charge in [0.15, 0.2) is 0 Å². The first-order valence-electron chi connectivity index (χ1n) is 8.55. The highest BCUT2D eigenvalue weighted by molar-refractivity contribution is 6.10. The van der Waals surface area contributed by atoms with Crippen LogP contribution in [0.15, 0.2) is 18.2 Å². The third kappa shape index (κ3) is 2.77. The molecule has 0 radical (unpaired) electrons. The number of amides is 4. The average molecular weight is 329 g/mol. The van der Waals surface area contributed by atoms with Crippen LogP contribution in [0.2, 0.25) is 0 Å². The lowest BCUT2D eigenvalue weighted by Gasteiger charge is -2.23. The highest BCUT2D eigenvalue weighted by Crippen LogP contribution is 2.26. The van der Waals surface area contributed by atoms with Crippen LogP contribution in [0.3, 0.4) is 0 Å². The van der Waals surface area contributed by atoms with Gasteiger partial charge in [-0.1, -0.05) is 19.9 Å². The number of benzene rings is 1. The summed E-state index contributed by atoms with van der Waals surface area (Å²) in [5, 5.41) is 5.52. The van der Waals surface area contributed by atoms with Crippen LogP contribution < -0.4 is 10.6 Å². The van der Waals surface area contributed by atoms with Gasteiger partial charge in [0.25, 0.3) is 5.91 Å². The lowest BCUT2D eigenvalue weighted by atomic mass is 9.93. The number of anilines is 1. The lowest BCUT2D eigenvalue weighted by molar-refractivity contribution is -0.134. The second kappa shape index (κ2) is 6.26. The van der Waals surface area contributed by atoms with Crippen LogP contribution in [-0.4, -0.2) is 34.8 Å². The van der Waals surface area contributed by atoms with E-state index in [4.69, 9.17) is 0 Å². The van der Waals surface area contributed by atoms with Crippen molar-refractivity contribution < 1.29 is 14.4 Å². The normalized spacial score (nSPS) is 18.5. The van der Waals surface area contributed by atoms with Gasteiger partial charge in [-0.05, 0) is 55.4 Å². The van der Waals surface area contributed by atoms with Crippen LogP contribution in [0.4, 0.5) is 10.5 Å². The number of nitrogens with one attached hydrogen (secondary N) is 2. The highest BCUT2D eigenvalue weighted by atomic mass is 16.2. The molecule has 0 atom stereocenters. The van der Waals surface area contributed by atoms with E-state index in [2.05, 4.69) is 10.6 Å². The summed E-state index contributed by atoms with van der Waals surface area (Å²) in [6.07, 6.45) is 4.28. The van der Waals surface area contributed by atoms with Gasteiger partial charge >= 0.3 is 6.03 Å². The SMILES string of the molecule is CCC1(CC)NC(=O)N(CC(=O)Nc2ccc3c(c2)CCC3)C1=O. The molecule has 0 unspecified atom stereocenters. The first-order valence-corrected chi connectivity index (χ1v) is 8.55. The summed E-state index contributed by atoms with van der Waals surface area (Å²) in [7, 11) is 0. The van der Waals surface area contributed by atoms with Crippen molar-refractivity contribution in [1.29, 1.82) is 0 Å². The maximum atomic E-state index is 12.5. The van der Waals surface area contributed by atoms with Crippen molar-refractivity contribution in [3.05, 3.63) is 29.3 Å². The predicted octanol–water partition coefficient (Wildman–Crippen LogP) is 2.22. The molecule has 24 heavy (non-hydrogen) atoms. The number of aryl methyl sites for hydroxylation is 2. The van der Waals surface area contributed by atoms with Crippen molar-refractivity contribution in [2.24, 2.45) is 0 Å². The van der Waals surface area contributed by atoms with E-state index in [1.165, 1.54) is 11.1 Å². The first kappa shape index (κ1) is 16.5. The van der Waals surface area contributed by atoms with Crippen molar-refractivity contribution >= 4 is 23.5 Å². The van der Waals surface area contributed by atoms with Crippen LogP contribution >= 0.6 is 0 Å². The molecule has 1 aliphatic heterocycles. The van der Waals surface area contributed by atoms with Crippen molar-refractivity contribution in [3.63, 3.8) is 0 Å². The molecule has 0 aromatic heterocycles. The lowest BCUT2D eigenvalue weighted by Crippen LogP contribution is -2.46. The number of carbonyl (C=O) groups is 3. The van der Waals surface area contributed by atoms with Gasteiger partial charge < -0.3 is 10.6 Å². The van der Waals surface area contributed by atoms with Crippen molar-refractivity contribution in [2.45, 2.75) is 51.5 Å². The predicted molar refractivity (Wildman–Crippen MR) is 90.7 cm³/mol. The zero-order chi connectivity index (χ0) is 17.3. The van der Waals surface area contributed by atoms with Crippen LogP contribution in [0, 0.1) is 0 Å². The van der Waals surface area contributed by atoms with E-state index in [0.717, 1.165) is 24.2 Å². The quantitative estimate of drug-likeness (QED) is 0.813. The molecule has 2 N–H and O–H groups in total. The maximum absolute atomic E-state index is 12.5. The van der Waals surface area contributed by atoms with Crippen molar-refractivity contribution in [1.82, 2.24) is 10.2 Å². The van der Waals surface area contributed by atoms with Gasteiger partial charge in [-0.15, -0.1) is 0 Å². The molecule has 6 heteroatoms. The number of rotatable bonds is 5. The molecule has 1 fully saturated rings. The molecule has 128 valence electrons. The average Bonchev–Trinajstić information content (AvgIpc) is 3.12. The van der Waals surface area contributed by atoms with Gasteiger partial charge in [0.2, 0.25) is 5.91 Å². The van der Waals surface area contributed by atoms with Crippen LogP contribution in [0.5, 0.6) is 0 Å². The van der Waals surface area contributed by atoms with Gasteiger partial charge in [0.1, 0.15) is 12.1 Å². The summed E-state index contributed by atoms with van der Waals surface area (Å²) in [5.74, 6) is -0.680. The second-order valence-electron chi connectivity index (χ2n) is 6.50. The molecule has 6 nitrogen and oxygen atoms in total. The molecular weight excluding hydrogens is 306 g/mol. The Balaban J connectivity index is 1.67. The Hall–Kier alpha value is -2.37. The van der Waals surface area contributed by atoms with Crippen molar-refractivity contribution in [3.8, 4) is 0 Å². The van der Waals surface area contributed by atoms with Crippen LogP contribution in [0.1, 0.15) is 44.2 Å². The van der Waals surface area contributed by atoms with Gasteiger partial charge in [-0.2, -0.15) is 0 Å². The van der Waals surface area contributed by atoms with Gasteiger partial charge in [-0.3, -0.25) is 14.5 Å². The maximum Gasteiger partial charge on any atom is 0.325 e. The van der Waals surface area contributed by atoms with E-state index in [0.29, 0.717) is 18.5 Å². The Bertz CT molecular complexity index is 695. The Morgan fingerprint density at radius 3 is 2.58 bits per heavy atom. The van der Waals surface area contributed by atoms with E-state index < -0.39 is 11.6 Å². The smallest absolute Gasteiger partial charge is 0.325 e. The fraction of sp³-hybridized carbons (Fsp3) is 0.500. The number of hydrogen-bond acceptors (Lipinski definition) is 3. The van der Waals surface area contributed by atoms with Crippen molar-refractivity contribution in [2.75, 3.05) is 11.9 Å². The molecule has 4 amide bonds. The summed E-state index contributed by atoms with van der Waals surface area (Å²) in [6, 6.07) is 5.39. The Labute approximate surface area is 141 Å². The summed E-state index contributed by atoms with van der Waals surface area (Å²) in [4.78, 5) is 37.8. The molecule has 3 rings (SSSR count). The van der Waals surface area contributed by atoms with Gasteiger partial charge in [0.05, 0.1) is 0 Å². The number of imide groups is 1.